The van der Waals surface area contributed by atoms with E-state index in [4.69, 9.17) is 4.74 Å². The predicted molar refractivity (Wildman–Crippen MR) is 104 cm³/mol. The Bertz CT molecular complexity index is 605. The molecule has 0 bridgehead atoms. The number of benzene rings is 1. The number of methoxy groups -OCH3 is 1. The maximum Gasteiger partial charge on any atom is 0.251 e. The fourth-order valence-corrected chi connectivity index (χ4v) is 3.30. The van der Waals surface area contributed by atoms with Crippen molar-refractivity contribution in [3.8, 4) is 0 Å². The van der Waals surface area contributed by atoms with Gasteiger partial charge in [0.1, 0.15) is 0 Å². The van der Waals surface area contributed by atoms with Crippen LogP contribution in [0.4, 0.5) is 5.69 Å². The van der Waals surface area contributed by atoms with Crippen molar-refractivity contribution in [2.75, 3.05) is 38.7 Å². The van der Waals surface area contributed by atoms with Crippen molar-refractivity contribution in [3.05, 3.63) is 29.8 Å². The van der Waals surface area contributed by atoms with Gasteiger partial charge in [-0.15, -0.1) is 12.4 Å². The number of nitrogens with one attached hydrogen (secondary N) is 3. The van der Waals surface area contributed by atoms with Crippen molar-refractivity contribution >= 4 is 29.9 Å². The van der Waals surface area contributed by atoms with Gasteiger partial charge in [-0.05, 0) is 63.0 Å². The molecule has 1 aliphatic carbocycles. The number of amides is 2. The van der Waals surface area contributed by atoms with E-state index in [1.165, 1.54) is 0 Å². The van der Waals surface area contributed by atoms with E-state index in [1.54, 1.807) is 31.4 Å². The average molecular weight is 382 g/mol. The zero-order valence-corrected chi connectivity index (χ0v) is 16.0. The summed E-state index contributed by atoms with van der Waals surface area (Å²) in [6, 6.07) is 7.07. The Morgan fingerprint density at radius 2 is 1.85 bits per heavy atom. The van der Waals surface area contributed by atoms with Gasteiger partial charge in [0.05, 0.1) is 6.61 Å². The number of ether oxygens (including phenoxy) is 1. The number of carbonyl (C=O) groups excluding carboxylic acids is 2. The number of halogens is 1. The van der Waals surface area contributed by atoms with Crippen molar-refractivity contribution in [2.24, 2.45) is 11.3 Å². The van der Waals surface area contributed by atoms with Crippen LogP contribution in [0.25, 0.3) is 0 Å². The van der Waals surface area contributed by atoms with Crippen LogP contribution in [0.1, 0.15) is 36.0 Å². The van der Waals surface area contributed by atoms with E-state index in [0.717, 1.165) is 44.5 Å². The highest BCUT2D eigenvalue weighted by Gasteiger charge is 2.32. The number of hydrogen-bond donors (Lipinski definition) is 3. The van der Waals surface area contributed by atoms with Gasteiger partial charge < -0.3 is 20.7 Å². The summed E-state index contributed by atoms with van der Waals surface area (Å²) in [5.41, 5.74) is 1.35. The lowest BCUT2D eigenvalue weighted by atomic mass is 9.79. The summed E-state index contributed by atoms with van der Waals surface area (Å²) in [4.78, 5) is 24.2. The van der Waals surface area contributed by atoms with Gasteiger partial charge in [0.2, 0.25) is 5.91 Å². The predicted octanol–water partition coefficient (Wildman–Crippen LogP) is 2.20. The summed E-state index contributed by atoms with van der Waals surface area (Å²) in [7, 11) is 1.71. The first-order chi connectivity index (χ1) is 12.1. The van der Waals surface area contributed by atoms with Gasteiger partial charge in [-0.1, -0.05) is 0 Å². The van der Waals surface area contributed by atoms with Crippen LogP contribution in [0.2, 0.25) is 0 Å². The summed E-state index contributed by atoms with van der Waals surface area (Å²) in [5, 5.41) is 9.28. The van der Waals surface area contributed by atoms with Crippen molar-refractivity contribution in [1.29, 1.82) is 0 Å². The van der Waals surface area contributed by atoms with Crippen LogP contribution in [0.5, 0.6) is 0 Å². The van der Waals surface area contributed by atoms with Crippen LogP contribution in [0.3, 0.4) is 0 Å². The van der Waals surface area contributed by atoms with E-state index in [2.05, 4.69) is 16.0 Å². The topological polar surface area (TPSA) is 79.5 Å². The molecule has 1 saturated heterocycles. The molecule has 0 aromatic heterocycles. The zero-order chi connectivity index (χ0) is 17.7. The van der Waals surface area contributed by atoms with Gasteiger partial charge >= 0.3 is 0 Å². The lowest BCUT2D eigenvalue weighted by Gasteiger charge is -2.37. The second-order valence-corrected chi connectivity index (χ2v) is 7.21. The van der Waals surface area contributed by atoms with E-state index < -0.39 is 0 Å². The van der Waals surface area contributed by atoms with Crippen molar-refractivity contribution in [1.82, 2.24) is 10.6 Å². The lowest BCUT2D eigenvalue weighted by molar-refractivity contribution is -0.117. The second-order valence-electron chi connectivity index (χ2n) is 7.21. The Morgan fingerprint density at radius 1 is 1.19 bits per heavy atom. The molecule has 2 amide bonds. The van der Waals surface area contributed by atoms with E-state index >= 15 is 0 Å². The maximum atomic E-state index is 12.4. The molecular weight excluding hydrogens is 354 g/mol. The molecule has 0 radical (unpaired) electrons. The minimum Gasteiger partial charge on any atom is -0.384 e. The number of hydrogen-bond acceptors (Lipinski definition) is 4. The summed E-state index contributed by atoms with van der Waals surface area (Å²) >= 11 is 0. The molecule has 1 heterocycles. The van der Waals surface area contributed by atoms with Crippen molar-refractivity contribution < 1.29 is 14.3 Å². The quantitative estimate of drug-likeness (QED) is 0.676. The maximum absolute atomic E-state index is 12.4. The normalized spacial score (nSPS) is 18.5. The molecule has 0 spiro atoms. The fraction of sp³-hybridized carbons (Fsp3) is 0.579. The van der Waals surface area contributed by atoms with Crippen molar-refractivity contribution in [2.45, 2.75) is 25.7 Å². The molecule has 26 heavy (non-hydrogen) atoms. The summed E-state index contributed by atoms with van der Waals surface area (Å²) in [6.45, 7) is 3.17. The minimum absolute atomic E-state index is 0. The third-order valence-corrected chi connectivity index (χ3v) is 5.10. The number of carbonyl (C=O) groups is 2. The Labute approximate surface area is 160 Å². The van der Waals surface area contributed by atoms with Crippen LogP contribution >= 0.6 is 12.4 Å². The molecule has 1 aromatic carbocycles. The molecule has 1 aliphatic heterocycles. The lowest BCUT2D eigenvalue weighted by Crippen LogP contribution is -2.47. The highest BCUT2D eigenvalue weighted by Crippen LogP contribution is 2.30. The van der Waals surface area contributed by atoms with Gasteiger partial charge in [0, 0.05) is 36.2 Å². The zero-order valence-electron chi connectivity index (χ0n) is 15.2. The smallest absolute Gasteiger partial charge is 0.251 e. The van der Waals surface area contributed by atoms with E-state index in [1.807, 2.05) is 0 Å². The van der Waals surface area contributed by atoms with E-state index in [9.17, 15) is 9.59 Å². The first-order valence-corrected chi connectivity index (χ1v) is 9.01. The van der Waals surface area contributed by atoms with Crippen LogP contribution in [0, 0.1) is 11.3 Å². The number of rotatable bonds is 7. The largest absolute Gasteiger partial charge is 0.384 e. The van der Waals surface area contributed by atoms with Gasteiger partial charge in [-0.25, -0.2) is 0 Å². The van der Waals surface area contributed by atoms with Crippen LogP contribution in [0.15, 0.2) is 24.3 Å². The molecule has 3 rings (SSSR count). The number of piperidine rings is 1. The molecule has 0 atom stereocenters. The Hall–Kier alpha value is -1.63. The Kier molecular flexibility index (Phi) is 7.43. The molecule has 6 nitrogen and oxygen atoms in total. The Balaban J connectivity index is 0.00000243. The molecule has 2 aliphatic rings. The summed E-state index contributed by atoms with van der Waals surface area (Å²) in [6.07, 6.45) is 3.94. The first kappa shape index (κ1) is 20.7. The van der Waals surface area contributed by atoms with Crippen molar-refractivity contribution in [3.63, 3.8) is 0 Å². The summed E-state index contributed by atoms with van der Waals surface area (Å²) in [5.74, 6) is 0.156. The third kappa shape index (κ3) is 5.43. The van der Waals surface area contributed by atoms with Gasteiger partial charge in [0.25, 0.3) is 5.91 Å². The standard InChI is InChI=1S/C19H27N3O3.ClH/c1-25-13-19(8-10-20-11-9-19)12-21-17(23)14-4-6-16(7-5-14)22-18(24)15-2-3-15;/h4-7,15,20H,2-3,8-13H2,1H3,(H,21,23)(H,22,24);1H. The van der Waals surface area contributed by atoms with E-state index in [0.29, 0.717) is 18.7 Å². The fourth-order valence-electron chi connectivity index (χ4n) is 3.30. The average Bonchev–Trinajstić information content (AvgIpc) is 3.47. The second kappa shape index (κ2) is 9.35. The highest BCUT2D eigenvalue weighted by molar-refractivity contribution is 5.96. The molecular formula is C19H28ClN3O3. The van der Waals surface area contributed by atoms with Gasteiger partial charge in [0.15, 0.2) is 0 Å². The summed E-state index contributed by atoms with van der Waals surface area (Å²) < 4.78 is 5.38. The molecule has 7 heteroatoms. The molecule has 3 N–H and O–H groups in total. The highest BCUT2D eigenvalue weighted by atomic mass is 35.5. The first-order valence-electron chi connectivity index (χ1n) is 9.01. The molecule has 1 aromatic rings. The molecule has 0 unspecified atom stereocenters. The minimum atomic E-state index is -0.0888. The van der Waals surface area contributed by atoms with Gasteiger partial charge in [-0.2, -0.15) is 0 Å². The number of anilines is 1. The van der Waals surface area contributed by atoms with Gasteiger partial charge in [-0.3, -0.25) is 9.59 Å². The van der Waals surface area contributed by atoms with Crippen LogP contribution in [-0.2, 0) is 9.53 Å². The van der Waals surface area contributed by atoms with Crippen LogP contribution < -0.4 is 16.0 Å². The SMILES string of the molecule is COCC1(CNC(=O)c2ccc(NC(=O)C3CC3)cc2)CCNCC1.Cl. The third-order valence-electron chi connectivity index (χ3n) is 5.10. The monoisotopic (exact) mass is 381 g/mol. The molecule has 1 saturated carbocycles. The Morgan fingerprint density at radius 3 is 2.42 bits per heavy atom. The van der Waals surface area contributed by atoms with E-state index in [-0.39, 0.29) is 35.6 Å². The molecule has 144 valence electrons. The van der Waals surface area contributed by atoms with Crippen LogP contribution in [-0.4, -0.2) is 45.2 Å². The molecule has 2 fully saturated rings.